The highest BCUT2D eigenvalue weighted by Gasteiger charge is 2.19. The molecular weight excluding hydrogens is 205 g/mol. The molecule has 0 spiro atoms. The maximum absolute atomic E-state index is 13.6. The van der Waals surface area contributed by atoms with Crippen LogP contribution in [0.25, 0.3) is 0 Å². The van der Waals surface area contributed by atoms with E-state index in [0.717, 1.165) is 37.1 Å². The summed E-state index contributed by atoms with van der Waals surface area (Å²) in [6.07, 6.45) is 2.18. The van der Waals surface area contributed by atoms with E-state index in [9.17, 15) is 4.39 Å². The minimum atomic E-state index is -0.248. The minimum absolute atomic E-state index is 0.248. The number of hydrogen-bond donors (Lipinski definition) is 1. The Morgan fingerprint density at radius 3 is 2.62 bits per heavy atom. The molecule has 1 aromatic carbocycles. The molecule has 1 N–H and O–H groups in total. The van der Waals surface area contributed by atoms with Crippen molar-refractivity contribution in [2.75, 3.05) is 20.2 Å². The first-order valence-electron chi connectivity index (χ1n) is 5.77. The topological polar surface area (TPSA) is 21.3 Å². The van der Waals surface area contributed by atoms with Crippen molar-refractivity contribution in [3.05, 3.63) is 29.1 Å². The molecule has 0 aliphatic carbocycles. The largest absolute Gasteiger partial charge is 0.494 e. The number of rotatable bonds is 2. The van der Waals surface area contributed by atoms with E-state index in [0.29, 0.717) is 11.7 Å². The van der Waals surface area contributed by atoms with Crippen molar-refractivity contribution in [2.45, 2.75) is 25.7 Å². The number of methoxy groups -OCH3 is 1. The van der Waals surface area contributed by atoms with Crippen LogP contribution in [0.4, 0.5) is 4.39 Å². The van der Waals surface area contributed by atoms with Crippen molar-refractivity contribution in [1.82, 2.24) is 5.32 Å². The summed E-state index contributed by atoms with van der Waals surface area (Å²) in [5.41, 5.74) is 2.27. The minimum Gasteiger partial charge on any atom is -0.494 e. The average molecular weight is 223 g/mol. The second kappa shape index (κ2) is 4.83. The third-order valence-corrected chi connectivity index (χ3v) is 3.32. The Hall–Kier alpha value is -1.09. The molecule has 0 radical (unpaired) electrons. The molecule has 1 fully saturated rings. The number of aryl methyl sites for hydroxylation is 1. The standard InChI is InChI=1S/C13H18FNO/c1-9-7-13(16-2)12(14)8-11(9)10-3-5-15-6-4-10/h7-8,10,15H,3-6H2,1-2H3. The van der Waals surface area contributed by atoms with Crippen molar-refractivity contribution < 1.29 is 9.13 Å². The Bertz CT molecular complexity index is 372. The number of hydrogen-bond acceptors (Lipinski definition) is 2. The highest BCUT2D eigenvalue weighted by Crippen LogP contribution is 2.31. The highest BCUT2D eigenvalue weighted by molar-refractivity contribution is 5.38. The van der Waals surface area contributed by atoms with Gasteiger partial charge in [-0.25, -0.2) is 4.39 Å². The van der Waals surface area contributed by atoms with Gasteiger partial charge in [-0.2, -0.15) is 0 Å². The van der Waals surface area contributed by atoms with Crippen molar-refractivity contribution in [1.29, 1.82) is 0 Å². The van der Waals surface area contributed by atoms with Gasteiger partial charge in [0.15, 0.2) is 11.6 Å². The molecule has 0 amide bonds. The van der Waals surface area contributed by atoms with E-state index in [1.807, 2.05) is 6.92 Å². The van der Waals surface area contributed by atoms with Crippen LogP contribution in [0.5, 0.6) is 5.75 Å². The quantitative estimate of drug-likeness (QED) is 0.832. The van der Waals surface area contributed by atoms with Crippen molar-refractivity contribution in [3.8, 4) is 5.75 Å². The van der Waals surface area contributed by atoms with Gasteiger partial charge >= 0.3 is 0 Å². The molecule has 2 rings (SSSR count). The lowest BCUT2D eigenvalue weighted by Gasteiger charge is -2.24. The van der Waals surface area contributed by atoms with E-state index < -0.39 is 0 Å². The molecule has 1 aliphatic rings. The van der Waals surface area contributed by atoms with Gasteiger partial charge in [-0.15, -0.1) is 0 Å². The first kappa shape index (κ1) is 11.4. The van der Waals surface area contributed by atoms with Gasteiger partial charge in [0, 0.05) is 0 Å². The van der Waals surface area contributed by atoms with Crippen LogP contribution in [-0.4, -0.2) is 20.2 Å². The summed E-state index contributed by atoms with van der Waals surface area (Å²) < 4.78 is 18.6. The Morgan fingerprint density at radius 1 is 1.31 bits per heavy atom. The van der Waals surface area contributed by atoms with Gasteiger partial charge in [0.1, 0.15) is 0 Å². The zero-order valence-corrected chi connectivity index (χ0v) is 9.85. The van der Waals surface area contributed by atoms with Gasteiger partial charge < -0.3 is 10.1 Å². The number of ether oxygens (including phenoxy) is 1. The molecule has 0 unspecified atom stereocenters. The molecule has 1 saturated heterocycles. The SMILES string of the molecule is COc1cc(C)c(C2CCNCC2)cc1F. The lowest BCUT2D eigenvalue weighted by Crippen LogP contribution is -2.27. The molecule has 3 heteroatoms. The number of benzene rings is 1. The van der Waals surface area contributed by atoms with E-state index >= 15 is 0 Å². The van der Waals surface area contributed by atoms with E-state index in [4.69, 9.17) is 4.74 Å². The first-order chi connectivity index (χ1) is 7.72. The van der Waals surface area contributed by atoms with Gasteiger partial charge in [-0.05, 0) is 62.0 Å². The molecule has 0 bridgehead atoms. The summed E-state index contributed by atoms with van der Waals surface area (Å²) in [4.78, 5) is 0. The maximum atomic E-state index is 13.6. The Labute approximate surface area is 95.8 Å². The summed E-state index contributed by atoms with van der Waals surface area (Å²) >= 11 is 0. The van der Waals surface area contributed by atoms with E-state index in [2.05, 4.69) is 5.32 Å². The second-order valence-corrected chi connectivity index (χ2v) is 4.37. The second-order valence-electron chi connectivity index (χ2n) is 4.37. The zero-order chi connectivity index (χ0) is 11.5. The number of piperidine rings is 1. The number of halogens is 1. The van der Waals surface area contributed by atoms with Crippen LogP contribution in [-0.2, 0) is 0 Å². The van der Waals surface area contributed by atoms with Gasteiger partial charge in [0.2, 0.25) is 0 Å². The summed E-state index contributed by atoms with van der Waals surface area (Å²) in [5.74, 6) is 0.582. The smallest absolute Gasteiger partial charge is 0.165 e. The summed E-state index contributed by atoms with van der Waals surface area (Å²) in [6, 6.07) is 3.44. The van der Waals surface area contributed by atoms with Crippen LogP contribution < -0.4 is 10.1 Å². The van der Waals surface area contributed by atoms with Gasteiger partial charge in [-0.3, -0.25) is 0 Å². The predicted molar refractivity (Wildman–Crippen MR) is 62.5 cm³/mol. The van der Waals surface area contributed by atoms with Gasteiger partial charge in [0.25, 0.3) is 0 Å². The van der Waals surface area contributed by atoms with Gasteiger partial charge in [-0.1, -0.05) is 0 Å². The third kappa shape index (κ3) is 2.19. The number of nitrogens with one attached hydrogen (secondary N) is 1. The molecule has 88 valence electrons. The Morgan fingerprint density at radius 2 is 2.00 bits per heavy atom. The molecule has 1 aromatic rings. The fraction of sp³-hybridized carbons (Fsp3) is 0.538. The molecule has 0 atom stereocenters. The van der Waals surface area contributed by atoms with E-state index in [1.54, 1.807) is 12.1 Å². The van der Waals surface area contributed by atoms with Crippen molar-refractivity contribution in [2.24, 2.45) is 0 Å². The molecular formula is C13H18FNO. The van der Waals surface area contributed by atoms with Crippen LogP contribution in [0.3, 0.4) is 0 Å². The van der Waals surface area contributed by atoms with Crippen molar-refractivity contribution >= 4 is 0 Å². The summed E-state index contributed by atoms with van der Waals surface area (Å²) in [5, 5.41) is 3.32. The Balaban J connectivity index is 2.29. The molecule has 16 heavy (non-hydrogen) atoms. The van der Waals surface area contributed by atoms with Crippen LogP contribution >= 0.6 is 0 Å². The van der Waals surface area contributed by atoms with Gasteiger partial charge in [0.05, 0.1) is 7.11 Å². The highest BCUT2D eigenvalue weighted by atomic mass is 19.1. The third-order valence-electron chi connectivity index (χ3n) is 3.32. The molecule has 0 aromatic heterocycles. The fourth-order valence-electron chi connectivity index (χ4n) is 2.40. The molecule has 1 heterocycles. The van der Waals surface area contributed by atoms with Crippen molar-refractivity contribution in [3.63, 3.8) is 0 Å². The average Bonchev–Trinajstić information content (AvgIpc) is 2.32. The molecule has 0 saturated carbocycles. The van der Waals surface area contributed by atoms with Crippen LogP contribution in [0, 0.1) is 12.7 Å². The summed E-state index contributed by atoms with van der Waals surface area (Å²) in [7, 11) is 1.50. The van der Waals surface area contributed by atoms with Crippen LogP contribution in [0.15, 0.2) is 12.1 Å². The first-order valence-corrected chi connectivity index (χ1v) is 5.77. The van der Waals surface area contributed by atoms with Crippen LogP contribution in [0.1, 0.15) is 29.9 Å². The lowest BCUT2D eigenvalue weighted by atomic mass is 9.87. The maximum Gasteiger partial charge on any atom is 0.165 e. The fourth-order valence-corrected chi connectivity index (χ4v) is 2.40. The van der Waals surface area contributed by atoms with E-state index in [1.165, 1.54) is 7.11 Å². The van der Waals surface area contributed by atoms with E-state index in [-0.39, 0.29) is 5.82 Å². The molecule has 1 aliphatic heterocycles. The predicted octanol–water partition coefficient (Wildman–Crippen LogP) is 2.61. The Kier molecular flexibility index (Phi) is 3.44. The lowest BCUT2D eigenvalue weighted by molar-refractivity contribution is 0.384. The normalized spacial score (nSPS) is 17.4. The monoisotopic (exact) mass is 223 g/mol. The van der Waals surface area contributed by atoms with Crippen LogP contribution in [0.2, 0.25) is 0 Å². The molecule has 2 nitrogen and oxygen atoms in total. The zero-order valence-electron chi connectivity index (χ0n) is 9.85. The summed E-state index contributed by atoms with van der Waals surface area (Å²) in [6.45, 7) is 4.08.